The lowest BCUT2D eigenvalue weighted by molar-refractivity contribution is -0.0258. The van der Waals surface area contributed by atoms with Crippen LogP contribution in [-0.4, -0.2) is 39.0 Å². The molecule has 0 aliphatic rings. The maximum absolute atomic E-state index is 12.3. The second-order valence-corrected chi connectivity index (χ2v) is 8.26. The van der Waals surface area contributed by atoms with Gasteiger partial charge in [0.05, 0.1) is 12.0 Å². The molecule has 136 valence electrons. The molecule has 1 rings (SSSR count). The van der Waals surface area contributed by atoms with Gasteiger partial charge in [-0.25, -0.2) is 8.42 Å². The third-order valence-electron chi connectivity index (χ3n) is 3.79. The van der Waals surface area contributed by atoms with E-state index in [0.717, 1.165) is 23.7 Å². The fraction of sp³-hybridized carbons (Fsp3) is 0.588. The Morgan fingerprint density at radius 3 is 2.50 bits per heavy atom. The molecule has 0 fully saturated rings. The molecule has 0 aliphatic carbocycles. The average molecular weight is 356 g/mol. The summed E-state index contributed by atoms with van der Waals surface area (Å²) in [5.74, 6) is 0.372. The van der Waals surface area contributed by atoms with Crippen molar-refractivity contribution in [2.45, 2.75) is 51.0 Å². The van der Waals surface area contributed by atoms with Gasteiger partial charge in [-0.3, -0.25) is 9.63 Å². The van der Waals surface area contributed by atoms with Crippen molar-refractivity contribution in [1.82, 2.24) is 9.79 Å². The summed E-state index contributed by atoms with van der Waals surface area (Å²) in [7, 11) is -1.19. The van der Waals surface area contributed by atoms with Crippen molar-refractivity contribution < 1.29 is 18.0 Å². The molecule has 7 heteroatoms. The van der Waals surface area contributed by atoms with Crippen molar-refractivity contribution in [3.63, 3.8) is 0 Å². The van der Waals surface area contributed by atoms with Crippen LogP contribution in [0.2, 0.25) is 0 Å². The monoisotopic (exact) mass is 356 g/mol. The summed E-state index contributed by atoms with van der Waals surface area (Å²) in [5.41, 5.74) is 0.316. The van der Waals surface area contributed by atoms with Crippen LogP contribution < -0.4 is 5.32 Å². The molecular formula is C17H28N2O4S. The van der Waals surface area contributed by atoms with Crippen LogP contribution >= 0.6 is 0 Å². The molecule has 0 aromatic heterocycles. The van der Waals surface area contributed by atoms with E-state index in [1.54, 1.807) is 12.1 Å². The lowest BCUT2D eigenvalue weighted by Crippen LogP contribution is -2.33. The Balaban J connectivity index is 2.77. The summed E-state index contributed by atoms with van der Waals surface area (Å²) in [4.78, 5) is 17.1. The number of carbonyl (C=O) groups is 1. The molecule has 1 aromatic rings. The summed E-state index contributed by atoms with van der Waals surface area (Å²) in [6.45, 7) is 6.30. The fourth-order valence-electron chi connectivity index (χ4n) is 2.26. The lowest BCUT2D eigenvalue weighted by atomic mass is 10.0. The summed E-state index contributed by atoms with van der Waals surface area (Å²) in [6, 6.07) is 5.99. The number of carbonyl (C=O) groups excluding carboxylic acids is 1. The molecule has 1 amide bonds. The number of benzene rings is 1. The molecule has 6 nitrogen and oxygen atoms in total. The van der Waals surface area contributed by atoms with Gasteiger partial charge in [0.2, 0.25) is 0 Å². The van der Waals surface area contributed by atoms with Crippen LogP contribution in [0.1, 0.15) is 50.4 Å². The van der Waals surface area contributed by atoms with Crippen LogP contribution in [0.15, 0.2) is 29.2 Å². The van der Waals surface area contributed by atoms with E-state index >= 15 is 0 Å². The second kappa shape index (κ2) is 9.15. The van der Waals surface area contributed by atoms with Crippen molar-refractivity contribution in [2.24, 2.45) is 5.92 Å². The number of nitrogens with one attached hydrogen (secondary N) is 1. The van der Waals surface area contributed by atoms with Gasteiger partial charge in [0.1, 0.15) is 0 Å². The number of amides is 1. The van der Waals surface area contributed by atoms with E-state index < -0.39 is 10.0 Å². The third-order valence-corrected chi connectivity index (χ3v) is 5.46. The molecule has 1 N–H and O–H groups in total. The molecular weight excluding hydrogens is 328 g/mol. The number of hydrogen-bond donors (Lipinski definition) is 1. The number of rotatable bonds is 9. The quantitative estimate of drug-likeness (QED) is 0.690. The standard InChI is InChI=1S/C17H28N2O4S/c1-13(2)8-6-9-14(3)18-17(20)15-10-7-11-16(12-15)24(21,22)19(4)23-5/h7,10-14H,6,8-9H2,1-5H3,(H,18,20). The topological polar surface area (TPSA) is 75.7 Å². The van der Waals surface area contributed by atoms with Crippen molar-refractivity contribution >= 4 is 15.9 Å². The van der Waals surface area contributed by atoms with Crippen LogP contribution in [0.25, 0.3) is 0 Å². The molecule has 24 heavy (non-hydrogen) atoms. The maximum atomic E-state index is 12.3. The van der Waals surface area contributed by atoms with Gasteiger partial charge in [0.25, 0.3) is 15.9 Å². The highest BCUT2D eigenvalue weighted by Crippen LogP contribution is 2.16. The Hall–Kier alpha value is -1.44. The van der Waals surface area contributed by atoms with Gasteiger partial charge < -0.3 is 5.32 Å². The molecule has 0 aliphatic heterocycles. The van der Waals surface area contributed by atoms with Gasteiger partial charge in [-0.1, -0.05) is 37.2 Å². The van der Waals surface area contributed by atoms with Gasteiger partial charge in [-0.2, -0.15) is 0 Å². The number of hydrogen-bond acceptors (Lipinski definition) is 4. The Kier molecular flexibility index (Phi) is 7.86. The van der Waals surface area contributed by atoms with E-state index in [1.165, 1.54) is 26.3 Å². The number of sulfonamides is 1. The smallest absolute Gasteiger partial charge is 0.264 e. The van der Waals surface area contributed by atoms with E-state index in [-0.39, 0.29) is 16.8 Å². The van der Waals surface area contributed by atoms with Crippen molar-refractivity contribution in [3.8, 4) is 0 Å². The third kappa shape index (κ3) is 5.89. The normalized spacial score (nSPS) is 13.3. The highest BCUT2D eigenvalue weighted by atomic mass is 32.2. The van der Waals surface area contributed by atoms with Gasteiger partial charge in [0, 0.05) is 18.7 Å². The van der Waals surface area contributed by atoms with Crippen LogP contribution in [0, 0.1) is 5.92 Å². The zero-order valence-corrected chi connectivity index (χ0v) is 15.9. The average Bonchev–Trinajstić information content (AvgIpc) is 2.53. The molecule has 1 aromatic carbocycles. The van der Waals surface area contributed by atoms with Crippen molar-refractivity contribution in [2.75, 3.05) is 14.2 Å². The van der Waals surface area contributed by atoms with E-state index in [4.69, 9.17) is 4.84 Å². The zero-order valence-electron chi connectivity index (χ0n) is 15.1. The predicted molar refractivity (Wildman–Crippen MR) is 94.0 cm³/mol. The lowest BCUT2D eigenvalue weighted by Gasteiger charge is -2.16. The Morgan fingerprint density at radius 2 is 1.92 bits per heavy atom. The number of hydroxylamine groups is 1. The molecule has 1 atom stereocenters. The van der Waals surface area contributed by atoms with Gasteiger partial charge >= 0.3 is 0 Å². The van der Waals surface area contributed by atoms with Crippen molar-refractivity contribution in [1.29, 1.82) is 0 Å². The minimum Gasteiger partial charge on any atom is -0.350 e. The van der Waals surface area contributed by atoms with E-state index in [9.17, 15) is 13.2 Å². The summed E-state index contributed by atoms with van der Waals surface area (Å²) >= 11 is 0. The van der Waals surface area contributed by atoms with Crippen LogP contribution in [-0.2, 0) is 14.9 Å². The molecule has 0 saturated carbocycles. The van der Waals surface area contributed by atoms with E-state index in [1.807, 2.05) is 6.92 Å². The second-order valence-electron chi connectivity index (χ2n) is 6.32. The predicted octanol–water partition coefficient (Wildman–Crippen LogP) is 2.81. The number of nitrogens with zero attached hydrogens (tertiary/aromatic N) is 1. The van der Waals surface area contributed by atoms with E-state index in [0.29, 0.717) is 11.5 Å². The SMILES string of the molecule is CON(C)S(=O)(=O)c1cccc(C(=O)NC(C)CCCC(C)C)c1. The Morgan fingerprint density at radius 1 is 1.25 bits per heavy atom. The Labute approximate surface area is 145 Å². The summed E-state index contributed by atoms with van der Waals surface area (Å²) < 4.78 is 25.2. The maximum Gasteiger partial charge on any atom is 0.264 e. The largest absolute Gasteiger partial charge is 0.350 e. The first-order chi connectivity index (χ1) is 11.2. The minimum absolute atomic E-state index is 0.0203. The summed E-state index contributed by atoms with van der Waals surface area (Å²) in [5, 5.41) is 2.91. The van der Waals surface area contributed by atoms with Crippen LogP contribution in [0.5, 0.6) is 0 Å². The molecule has 0 spiro atoms. The molecule has 0 saturated heterocycles. The first-order valence-electron chi connectivity index (χ1n) is 8.12. The van der Waals surface area contributed by atoms with Gasteiger partial charge in [-0.15, -0.1) is 0 Å². The molecule has 0 radical (unpaired) electrons. The first kappa shape index (κ1) is 20.6. The van der Waals surface area contributed by atoms with Crippen LogP contribution in [0.4, 0.5) is 0 Å². The van der Waals surface area contributed by atoms with Crippen LogP contribution in [0.3, 0.4) is 0 Å². The van der Waals surface area contributed by atoms with Gasteiger partial charge in [-0.05, 0) is 37.5 Å². The Bertz CT molecular complexity index is 644. The summed E-state index contributed by atoms with van der Waals surface area (Å²) in [6.07, 6.45) is 3.07. The first-order valence-corrected chi connectivity index (χ1v) is 9.56. The fourth-order valence-corrected chi connectivity index (χ4v) is 3.28. The highest BCUT2D eigenvalue weighted by Gasteiger charge is 2.22. The zero-order chi connectivity index (χ0) is 18.3. The minimum atomic E-state index is -3.77. The van der Waals surface area contributed by atoms with E-state index in [2.05, 4.69) is 19.2 Å². The van der Waals surface area contributed by atoms with Crippen molar-refractivity contribution in [3.05, 3.63) is 29.8 Å². The molecule has 0 heterocycles. The highest BCUT2D eigenvalue weighted by molar-refractivity contribution is 7.89. The van der Waals surface area contributed by atoms with Gasteiger partial charge in [0.15, 0.2) is 0 Å². The molecule has 0 bridgehead atoms. The molecule has 1 unspecified atom stereocenters.